The Kier molecular flexibility index (Phi) is 10.9. The number of hydrogen-bond acceptors (Lipinski definition) is 10. The maximum atomic E-state index is 12.4. The van der Waals surface area contributed by atoms with Crippen LogP contribution in [0.1, 0.15) is 5.56 Å². The lowest BCUT2D eigenvalue weighted by atomic mass is 10.2. The Morgan fingerprint density at radius 1 is 0.878 bits per heavy atom. The van der Waals surface area contributed by atoms with Crippen LogP contribution in [-0.4, -0.2) is 72.4 Å². The van der Waals surface area contributed by atoms with Gasteiger partial charge >= 0.3 is 19.8 Å². The Hall–Kier alpha value is -2.87. The summed E-state index contributed by atoms with van der Waals surface area (Å²) in [6.45, 7) is 2.02. The Morgan fingerprint density at radius 3 is 1.90 bits per heavy atom. The smallest absolute Gasteiger partial charge is 0.416 e. The molecule has 0 saturated carbocycles. The van der Waals surface area contributed by atoms with Crippen molar-refractivity contribution in [2.75, 3.05) is 42.8 Å². The van der Waals surface area contributed by atoms with Gasteiger partial charge in [0.1, 0.15) is 23.8 Å². The third-order valence-corrected chi connectivity index (χ3v) is 7.89. The zero-order valence-corrected chi connectivity index (χ0v) is 25.9. The van der Waals surface area contributed by atoms with Crippen LogP contribution in [0.15, 0.2) is 75.9 Å². The standard InChI is InChI=1S/C17H18BrN2O5P.C9H9BrN2O3/c1-26(22,23-11-13-5-3-2-4-6-13)24-12-15-10-20(17(21)25-15)16-8-7-14(18)9-19-16;10-6-1-2-8(11-3-6)12-4-7(5-13)15-9(12)14/h2-9,15H,10-12H2,1H3;1-3,7,13H,4-5H2. The van der Waals surface area contributed by atoms with Gasteiger partial charge in [0.2, 0.25) is 0 Å². The minimum atomic E-state index is -3.26. The first-order valence-electron chi connectivity index (χ1n) is 12.3. The zero-order valence-electron chi connectivity index (χ0n) is 21.8. The lowest BCUT2D eigenvalue weighted by Gasteiger charge is -2.16. The summed E-state index contributed by atoms with van der Waals surface area (Å²) >= 11 is 6.55. The highest BCUT2D eigenvalue weighted by atomic mass is 79.9. The maximum Gasteiger partial charge on any atom is 0.416 e. The summed E-state index contributed by atoms with van der Waals surface area (Å²) in [4.78, 5) is 34.4. The second-order valence-corrected chi connectivity index (χ2v) is 12.8. The molecule has 3 unspecified atom stereocenters. The molecule has 2 aliphatic heterocycles. The largest absolute Gasteiger partial charge is 0.441 e. The number of amides is 2. The highest BCUT2D eigenvalue weighted by molar-refractivity contribution is 9.10. The average Bonchev–Trinajstić information content (AvgIpc) is 3.54. The SMILES string of the molecule is CP(=O)(OCc1ccccc1)OCC1CN(c2ccc(Br)cn2)C(=O)O1.O=C1OC(CO)CN1c1ccc(Br)cn1. The molecule has 15 heteroatoms. The van der Waals surface area contributed by atoms with E-state index in [1.165, 1.54) is 16.5 Å². The van der Waals surface area contributed by atoms with Crippen LogP contribution in [0.2, 0.25) is 0 Å². The topological polar surface area (TPSA) is 141 Å². The van der Waals surface area contributed by atoms with Crippen molar-refractivity contribution in [3.63, 3.8) is 0 Å². The number of pyridine rings is 2. The minimum Gasteiger partial charge on any atom is -0.441 e. The molecule has 3 aromatic rings. The molecule has 5 rings (SSSR count). The van der Waals surface area contributed by atoms with E-state index in [1.807, 2.05) is 30.3 Å². The van der Waals surface area contributed by atoms with Gasteiger partial charge in [0.05, 0.1) is 32.9 Å². The highest BCUT2D eigenvalue weighted by Gasteiger charge is 2.35. The summed E-state index contributed by atoms with van der Waals surface area (Å²) < 4.78 is 35.0. The molecule has 2 saturated heterocycles. The fourth-order valence-electron chi connectivity index (χ4n) is 3.68. The van der Waals surface area contributed by atoms with Crippen LogP contribution in [-0.2, 0) is 29.7 Å². The van der Waals surface area contributed by atoms with E-state index in [0.717, 1.165) is 14.5 Å². The molecule has 12 nitrogen and oxygen atoms in total. The second kappa shape index (κ2) is 14.3. The summed E-state index contributed by atoms with van der Waals surface area (Å²) in [7, 11) is -3.26. The molecule has 41 heavy (non-hydrogen) atoms. The monoisotopic (exact) mass is 712 g/mol. The maximum absolute atomic E-state index is 12.4. The van der Waals surface area contributed by atoms with Crippen LogP contribution >= 0.6 is 39.5 Å². The van der Waals surface area contributed by atoms with Gasteiger partial charge in [-0.1, -0.05) is 30.3 Å². The number of aromatic nitrogens is 2. The molecule has 2 fully saturated rings. The van der Waals surface area contributed by atoms with Crippen LogP contribution in [0.4, 0.5) is 21.2 Å². The number of halogens is 2. The number of nitrogens with zero attached hydrogens (tertiary/aromatic N) is 4. The number of carbonyl (C=O) groups is 2. The van der Waals surface area contributed by atoms with Crippen molar-refractivity contribution in [1.82, 2.24) is 9.97 Å². The van der Waals surface area contributed by atoms with E-state index in [1.54, 1.807) is 36.7 Å². The summed E-state index contributed by atoms with van der Waals surface area (Å²) in [6.07, 6.45) is 1.23. The molecular weight excluding hydrogens is 687 g/mol. The van der Waals surface area contributed by atoms with Crippen LogP contribution in [0.3, 0.4) is 0 Å². The van der Waals surface area contributed by atoms with E-state index < -0.39 is 32.0 Å². The third kappa shape index (κ3) is 9.06. The summed E-state index contributed by atoms with van der Waals surface area (Å²) in [5.74, 6) is 1.01. The predicted octanol–water partition coefficient (Wildman–Crippen LogP) is 5.39. The molecule has 0 bridgehead atoms. The van der Waals surface area contributed by atoms with Crippen LogP contribution < -0.4 is 9.80 Å². The summed E-state index contributed by atoms with van der Waals surface area (Å²) in [5.41, 5.74) is 0.901. The average molecular weight is 714 g/mol. The number of anilines is 2. The number of benzene rings is 1. The van der Waals surface area contributed by atoms with Crippen molar-refractivity contribution in [2.45, 2.75) is 18.8 Å². The quantitative estimate of drug-likeness (QED) is 0.287. The number of aliphatic hydroxyl groups is 1. The van der Waals surface area contributed by atoms with E-state index in [4.69, 9.17) is 23.6 Å². The van der Waals surface area contributed by atoms with Crippen LogP contribution in [0, 0.1) is 0 Å². The van der Waals surface area contributed by atoms with Crippen LogP contribution in [0.25, 0.3) is 0 Å². The number of carbonyl (C=O) groups excluding carboxylic acids is 2. The molecule has 3 atom stereocenters. The Balaban J connectivity index is 0.000000218. The number of hydrogen-bond donors (Lipinski definition) is 1. The van der Waals surface area contributed by atoms with Crippen molar-refractivity contribution in [3.05, 3.63) is 81.5 Å². The van der Waals surface area contributed by atoms with Gasteiger partial charge in [-0.25, -0.2) is 19.6 Å². The summed E-state index contributed by atoms with van der Waals surface area (Å²) in [6, 6.07) is 16.4. The molecular formula is C26H27Br2N4O8P. The number of rotatable bonds is 9. The third-order valence-electron chi connectivity index (χ3n) is 5.73. The minimum absolute atomic E-state index is 0.0126. The Morgan fingerprint density at radius 2 is 1.41 bits per heavy atom. The fraction of sp³-hybridized carbons (Fsp3) is 0.308. The molecule has 2 aliphatic rings. The van der Waals surface area contributed by atoms with Gasteiger partial charge in [0, 0.05) is 28.0 Å². The van der Waals surface area contributed by atoms with Gasteiger partial charge in [-0.05, 0) is 61.7 Å². The molecule has 2 aromatic heterocycles. The zero-order chi connectivity index (χ0) is 29.4. The summed E-state index contributed by atoms with van der Waals surface area (Å²) in [5, 5.41) is 8.86. The van der Waals surface area contributed by atoms with Crippen LogP contribution in [0.5, 0.6) is 0 Å². The van der Waals surface area contributed by atoms with Gasteiger partial charge in [-0.3, -0.25) is 14.4 Å². The first-order valence-corrected chi connectivity index (χ1v) is 15.9. The lowest BCUT2D eigenvalue weighted by molar-refractivity contribution is 0.0937. The highest BCUT2D eigenvalue weighted by Crippen LogP contribution is 2.45. The lowest BCUT2D eigenvalue weighted by Crippen LogP contribution is -2.26. The van der Waals surface area contributed by atoms with Crippen molar-refractivity contribution < 1.29 is 37.8 Å². The van der Waals surface area contributed by atoms with Crippen molar-refractivity contribution in [3.8, 4) is 0 Å². The Labute approximate surface area is 253 Å². The predicted molar refractivity (Wildman–Crippen MR) is 157 cm³/mol. The van der Waals surface area contributed by atoms with E-state index in [0.29, 0.717) is 18.2 Å². The van der Waals surface area contributed by atoms with E-state index >= 15 is 0 Å². The first kappa shape index (κ1) is 31.1. The van der Waals surface area contributed by atoms with Gasteiger partial charge in [-0.15, -0.1) is 0 Å². The molecule has 0 aliphatic carbocycles. The second-order valence-electron chi connectivity index (χ2n) is 8.91. The van der Waals surface area contributed by atoms with Gasteiger partial charge in [-0.2, -0.15) is 0 Å². The molecule has 218 valence electrons. The fourth-order valence-corrected chi connectivity index (χ4v) is 5.04. The number of aliphatic hydroxyl groups excluding tert-OH is 1. The van der Waals surface area contributed by atoms with Gasteiger partial charge < -0.3 is 23.6 Å². The molecule has 0 spiro atoms. The van der Waals surface area contributed by atoms with Gasteiger partial charge in [0.25, 0.3) is 0 Å². The van der Waals surface area contributed by atoms with Crippen molar-refractivity contribution in [1.29, 1.82) is 0 Å². The normalized spacial score (nSPS) is 19.7. The number of cyclic esters (lactones) is 2. The van der Waals surface area contributed by atoms with Crippen molar-refractivity contribution in [2.24, 2.45) is 0 Å². The molecule has 1 N–H and O–H groups in total. The first-order chi connectivity index (χ1) is 19.6. The van der Waals surface area contributed by atoms with Crippen molar-refractivity contribution >= 4 is 63.3 Å². The molecule has 0 radical (unpaired) electrons. The molecule has 1 aromatic carbocycles. The Bertz CT molecular complexity index is 1370. The van der Waals surface area contributed by atoms with E-state index in [9.17, 15) is 14.2 Å². The van der Waals surface area contributed by atoms with E-state index in [2.05, 4.69) is 41.8 Å². The molecule has 2 amide bonds. The van der Waals surface area contributed by atoms with E-state index in [-0.39, 0.29) is 26.4 Å². The van der Waals surface area contributed by atoms with Gasteiger partial charge in [0.15, 0.2) is 0 Å². The number of ether oxygens (including phenoxy) is 2. The molecule has 4 heterocycles.